The minimum Gasteiger partial charge on any atom is -0.461 e. The molecule has 0 unspecified atom stereocenters. The molecule has 0 radical (unpaired) electrons. The van der Waals surface area contributed by atoms with E-state index in [0.717, 1.165) is 16.4 Å². The van der Waals surface area contributed by atoms with Crippen LogP contribution in [0, 0.1) is 6.92 Å². The summed E-state index contributed by atoms with van der Waals surface area (Å²) < 4.78 is 4.91. The zero-order valence-electron chi connectivity index (χ0n) is 10.8. The Kier molecular flexibility index (Phi) is 4.46. The van der Waals surface area contributed by atoms with Crippen LogP contribution in [0.3, 0.4) is 0 Å². The summed E-state index contributed by atoms with van der Waals surface area (Å²) in [5.41, 5.74) is 2.15. The van der Waals surface area contributed by atoms with Gasteiger partial charge >= 0.3 is 5.97 Å². The molecule has 0 saturated carbocycles. The van der Waals surface area contributed by atoms with Crippen LogP contribution in [0.15, 0.2) is 23.7 Å². The number of carbonyl (C=O) groups excluding carboxylic acids is 1. The van der Waals surface area contributed by atoms with Crippen molar-refractivity contribution < 1.29 is 9.53 Å². The van der Waals surface area contributed by atoms with Crippen molar-refractivity contribution in [1.29, 1.82) is 0 Å². The highest BCUT2D eigenvalue weighted by molar-refractivity contribution is 7.09. The molecule has 5 nitrogen and oxygen atoms in total. The Labute approximate surface area is 115 Å². The van der Waals surface area contributed by atoms with Crippen molar-refractivity contribution in [2.75, 3.05) is 11.9 Å². The molecule has 100 valence electrons. The van der Waals surface area contributed by atoms with Gasteiger partial charge < -0.3 is 10.1 Å². The molecule has 0 aliphatic heterocycles. The number of pyridine rings is 1. The van der Waals surface area contributed by atoms with Gasteiger partial charge in [0.15, 0.2) is 0 Å². The molecule has 1 N–H and O–H groups in total. The lowest BCUT2D eigenvalue weighted by Crippen LogP contribution is -2.08. The van der Waals surface area contributed by atoms with Crippen LogP contribution in [0.5, 0.6) is 0 Å². The number of nitrogens with zero attached hydrogens (tertiary/aromatic N) is 2. The van der Waals surface area contributed by atoms with Gasteiger partial charge in [-0.15, -0.1) is 11.3 Å². The molecule has 0 saturated heterocycles. The first-order chi connectivity index (χ1) is 9.19. The van der Waals surface area contributed by atoms with E-state index in [1.807, 2.05) is 18.4 Å². The Morgan fingerprint density at radius 1 is 1.53 bits per heavy atom. The third-order valence-electron chi connectivity index (χ3n) is 2.35. The lowest BCUT2D eigenvalue weighted by molar-refractivity contribution is 0.0519. The third-order valence-corrected chi connectivity index (χ3v) is 3.32. The molecule has 0 bridgehead atoms. The van der Waals surface area contributed by atoms with Crippen LogP contribution in [0.2, 0.25) is 0 Å². The van der Waals surface area contributed by atoms with Crippen molar-refractivity contribution in [2.45, 2.75) is 20.4 Å². The molecule has 0 atom stereocenters. The van der Waals surface area contributed by atoms with Crippen LogP contribution in [0.25, 0.3) is 0 Å². The summed E-state index contributed by atoms with van der Waals surface area (Å²) >= 11 is 1.61. The van der Waals surface area contributed by atoms with E-state index in [9.17, 15) is 4.79 Å². The molecule has 0 spiro atoms. The summed E-state index contributed by atoms with van der Waals surface area (Å²) in [5, 5.41) is 6.23. The van der Waals surface area contributed by atoms with Gasteiger partial charge in [0.05, 0.1) is 13.2 Å². The maximum atomic E-state index is 11.6. The molecule has 0 aliphatic carbocycles. The first-order valence-electron chi connectivity index (χ1n) is 5.97. The lowest BCUT2D eigenvalue weighted by Gasteiger charge is -2.06. The predicted molar refractivity (Wildman–Crippen MR) is 74.4 cm³/mol. The monoisotopic (exact) mass is 277 g/mol. The number of aryl methyl sites for hydroxylation is 1. The molecule has 0 aliphatic rings. The molecule has 6 heteroatoms. The number of thiazole rings is 1. The second kappa shape index (κ2) is 6.29. The van der Waals surface area contributed by atoms with Crippen LogP contribution >= 0.6 is 11.3 Å². The minimum atomic E-state index is -0.406. The van der Waals surface area contributed by atoms with Crippen LogP contribution in [-0.4, -0.2) is 22.5 Å². The van der Waals surface area contributed by atoms with E-state index in [-0.39, 0.29) is 0 Å². The molecule has 2 aromatic rings. The molecular weight excluding hydrogens is 262 g/mol. The maximum absolute atomic E-state index is 11.6. The van der Waals surface area contributed by atoms with Crippen molar-refractivity contribution in [3.63, 3.8) is 0 Å². The number of hydrogen-bond donors (Lipinski definition) is 1. The number of carbonyl (C=O) groups is 1. The summed E-state index contributed by atoms with van der Waals surface area (Å²) in [6, 6.07) is 3.49. The number of esters is 1. The number of rotatable bonds is 5. The van der Waals surface area contributed by atoms with Gasteiger partial charge in [0.25, 0.3) is 0 Å². The van der Waals surface area contributed by atoms with E-state index in [0.29, 0.717) is 18.8 Å². The van der Waals surface area contributed by atoms with Gasteiger partial charge in [-0.2, -0.15) is 0 Å². The summed E-state index contributed by atoms with van der Waals surface area (Å²) in [4.78, 5) is 19.9. The minimum absolute atomic E-state index is 0.308. The molecule has 0 fully saturated rings. The number of nitrogens with one attached hydrogen (secondary N) is 1. The molecule has 19 heavy (non-hydrogen) atoms. The average molecular weight is 277 g/mol. The quantitative estimate of drug-likeness (QED) is 0.851. The van der Waals surface area contributed by atoms with E-state index in [2.05, 4.69) is 15.3 Å². The SMILES string of the molecule is CCOC(=O)c1cc(NCc2nc(C)cs2)ccn1. The highest BCUT2D eigenvalue weighted by Gasteiger charge is 2.08. The van der Waals surface area contributed by atoms with Crippen LogP contribution in [0.4, 0.5) is 5.69 Å². The second-order valence-electron chi connectivity index (χ2n) is 3.89. The van der Waals surface area contributed by atoms with Crippen LogP contribution in [0.1, 0.15) is 28.1 Å². The van der Waals surface area contributed by atoms with E-state index < -0.39 is 5.97 Å². The fourth-order valence-corrected chi connectivity index (χ4v) is 2.23. The molecule has 2 rings (SSSR count). The first-order valence-corrected chi connectivity index (χ1v) is 6.85. The van der Waals surface area contributed by atoms with Crippen LogP contribution in [-0.2, 0) is 11.3 Å². The normalized spacial score (nSPS) is 10.2. The van der Waals surface area contributed by atoms with Gasteiger partial charge in [-0.3, -0.25) is 0 Å². The van der Waals surface area contributed by atoms with E-state index in [1.165, 1.54) is 0 Å². The van der Waals surface area contributed by atoms with E-state index in [1.54, 1.807) is 30.5 Å². The third kappa shape index (κ3) is 3.75. The zero-order valence-corrected chi connectivity index (χ0v) is 11.7. The van der Waals surface area contributed by atoms with Crippen molar-refractivity contribution in [1.82, 2.24) is 9.97 Å². The zero-order chi connectivity index (χ0) is 13.7. The van der Waals surface area contributed by atoms with Crippen molar-refractivity contribution in [2.24, 2.45) is 0 Å². The topological polar surface area (TPSA) is 64.1 Å². The Morgan fingerprint density at radius 2 is 2.37 bits per heavy atom. The standard InChI is InChI=1S/C13H15N3O2S/c1-3-18-13(17)11-6-10(4-5-14-11)15-7-12-16-9(2)8-19-12/h4-6,8H,3,7H2,1-2H3,(H,14,15). The molecule has 2 heterocycles. The van der Waals surface area contributed by atoms with Gasteiger partial charge in [0.2, 0.25) is 0 Å². The Morgan fingerprint density at radius 3 is 3.05 bits per heavy atom. The van der Waals surface area contributed by atoms with Gasteiger partial charge in [0.1, 0.15) is 10.7 Å². The summed E-state index contributed by atoms with van der Waals surface area (Å²) in [6.07, 6.45) is 1.59. The fourth-order valence-electron chi connectivity index (χ4n) is 1.52. The fraction of sp³-hybridized carbons (Fsp3) is 0.308. The molecule has 2 aromatic heterocycles. The number of aromatic nitrogens is 2. The van der Waals surface area contributed by atoms with Gasteiger partial charge in [0, 0.05) is 23.0 Å². The molecular formula is C13H15N3O2S. The number of hydrogen-bond acceptors (Lipinski definition) is 6. The van der Waals surface area contributed by atoms with Crippen molar-refractivity contribution in [3.05, 3.63) is 40.1 Å². The Balaban J connectivity index is 2.00. The summed E-state index contributed by atoms with van der Waals surface area (Å²) in [7, 11) is 0. The summed E-state index contributed by atoms with van der Waals surface area (Å²) in [6.45, 7) is 4.71. The molecule has 0 aromatic carbocycles. The second-order valence-corrected chi connectivity index (χ2v) is 4.83. The average Bonchev–Trinajstić information content (AvgIpc) is 2.83. The van der Waals surface area contributed by atoms with Gasteiger partial charge in [-0.1, -0.05) is 0 Å². The molecule has 0 amide bonds. The van der Waals surface area contributed by atoms with Crippen LogP contribution < -0.4 is 5.32 Å². The number of anilines is 1. The number of ether oxygens (including phenoxy) is 1. The van der Waals surface area contributed by atoms with E-state index in [4.69, 9.17) is 4.74 Å². The van der Waals surface area contributed by atoms with Gasteiger partial charge in [-0.25, -0.2) is 14.8 Å². The highest BCUT2D eigenvalue weighted by atomic mass is 32.1. The Hall–Kier alpha value is -1.95. The Bertz CT molecular complexity index is 569. The smallest absolute Gasteiger partial charge is 0.356 e. The maximum Gasteiger partial charge on any atom is 0.356 e. The largest absolute Gasteiger partial charge is 0.461 e. The predicted octanol–water partition coefficient (Wildman–Crippen LogP) is 2.64. The van der Waals surface area contributed by atoms with Gasteiger partial charge in [-0.05, 0) is 26.0 Å². The highest BCUT2D eigenvalue weighted by Crippen LogP contribution is 2.13. The first kappa shape index (κ1) is 13.5. The summed E-state index contributed by atoms with van der Waals surface area (Å²) in [5.74, 6) is -0.406. The van der Waals surface area contributed by atoms with E-state index >= 15 is 0 Å². The van der Waals surface area contributed by atoms with Crippen molar-refractivity contribution >= 4 is 23.0 Å². The lowest BCUT2D eigenvalue weighted by atomic mass is 10.3. The van der Waals surface area contributed by atoms with Crippen molar-refractivity contribution in [3.8, 4) is 0 Å².